The Morgan fingerprint density at radius 1 is 1.42 bits per heavy atom. The van der Waals surface area contributed by atoms with Crippen LogP contribution in [0.15, 0.2) is 42.0 Å². The van der Waals surface area contributed by atoms with Gasteiger partial charge in [-0.3, -0.25) is 9.89 Å². The summed E-state index contributed by atoms with van der Waals surface area (Å²) in [6.45, 7) is 0.861. The predicted octanol–water partition coefficient (Wildman–Crippen LogP) is 3.10. The first-order valence-electron chi connectivity index (χ1n) is 7.78. The summed E-state index contributed by atoms with van der Waals surface area (Å²) in [5, 5.41) is 12.7. The Morgan fingerprint density at radius 2 is 2.29 bits per heavy atom. The third-order valence-electron chi connectivity index (χ3n) is 4.34. The van der Waals surface area contributed by atoms with E-state index in [9.17, 15) is 4.79 Å². The van der Waals surface area contributed by atoms with Gasteiger partial charge in [0, 0.05) is 30.9 Å². The zero-order valence-electron chi connectivity index (χ0n) is 13.2. The Balaban J connectivity index is 1.60. The molecule has 0 aliphatic carbocycles. The number of thiazole rings is 1. The third-order valence-corrected chi connectivity index (χ3v) is 5.13. The van der Waals surface area contributed by atoms with E-state index in [0.29, 0.717) is 5.69 Å². The van der Waals surface area contributed by atoms with Crippen molar-refractivity contribution in [2.75, 3.05) is 23.8 Å². The molecule has 4 rings (SSSR count). The van der Waals surface area contributed by atoms with Crippen molar-refractivity contribution in [3.8, 4) is 10.7 Å². The van der Waals surface area contributed by atoms with Crippen molar-refractivity contribution >= 4 is 28.6 Å². The van der Waals surface area contributed by atoms with Gasteiger partial charge in [-0.1, -0.05) is 18.2 Å². The summed E-state index contributed by atoms with van der Waals surface area (Å²) in [5.41, 5.74) is 3.62. The van der Waals surface area contributed by atoms with Crippen molar-refractivity contribution in [3.05, 3.63) is 47.6 Å². The van der Waals surface area contributed by atoms with Crippen molar-refractivity contribution in [2.45, 2.75) is 12.3 Å². The van der Waals surface area contributed by atoms with Crippen molar-refractivity contribution in [1.82, 2.24) is 15.2 Å². The van der Waals surface area contributed by atoms with Gasteiger partial charge in [-0.05, 0) is 18.1 Å². The number of carbonyl (C=O) groups excluding carboxylic acids is 1. The Bertz CT molecular complexity index is 858. The summed E-state index contributed by atoms with van der Waals surface area (Å²) >= 11 is 1.51. The van der Waals surface area contributed by atoms with Gasteiger partial charge in [-0.2, -0.15) is 5.10 Å². The van der Waals surface area contributed by atoms with Gasteiger partial charge in [0.2, 0.25) is 5.91 Å². The summed E-state index contributed by atoms with van der Waals surface area (Å²) in [4.78, 5) is 19.3. The standard InChI is InChI=1S/C17H17N5OS/c1-22-8-6-12(11-4-2-3-5-14(11)22)16(23)20-13-10-19-21-15(13)17-18-7-9-24-17/h2-5,7,9-10,12H,6,8H2,1H3,(H,19,21)(H,20,23). The number of benzene rings is 1. The minimum absolute atomic E-state index is 0.00486. The van der Waals surface area contributed by atoms with E-state index >= 15 is 0 Å². The quantitative estimate of drug-likeness (QED) is 0.769. The molecule has 3 heterocycles. The molecule has 0 fully saturated rings. The van der Waals surface area contributed by atoms with Crippen LogP contribution < -0.4 is 10.2 Å². The molecule has 1 aliphatic rings. The first kappa shape index (κ1) is 14.9. The van der Waals surface area contributed by atoms with Crippen LogP contribution in [0.25, 0.3) is 10.7 Å². The zero-order chi connectivity index (χ0) is 16.5. The minimum Gasteiger partial charge on any atom is -0.374 e. The monoisotopic (exact) mass is 339 g/mol. The lowest BCUT2D eigenvalue weighted by molar-refractivity contribution is -0.117. The summed E-state index contributed by atoms with van der Waals surface area (Å²) in [7, 11) is 2.06. The van der Waals surface area contributed by atoms with Gasteiger partial charge < -0.3 is 10.2 Å². The molecule has 1 atom stereocenters. The molecule has 0 saturated carbocycles. The highest BCUT2D eigenvalue weighted by Crippen LogP contribution is 2.36. The normalized spacial score (nSPS) is 16.7. The molecule has 3 aromatic rings. The zero-order valence-corrected chi connectivity index (χ0v) is 14.0. The number of nitrogens with zero attached hydrogens (tertiary/aromatic N) is 3. The third kappa shape index (κ3) is 2.56. The molecule has 6 nitrogen and oxygen atoms in total. The molecule has 2 aromatic heterocycles. The lowest BCUT2D eigenvalue weighted by Gasteiger charge is -2.32. The highest BCUT2D eigenvalue weighted by atomic mass is 32.1. The van der Waals surface area contributed by atoms with Crippen LogP contribution in [0.3, 0.4) is 0 Å². The van der Waals surface area contributed by atoms with Gasteiger partial charge in [0.1, 0.15) is 10.7 Å². The van der Waals surface area contributed by atoms with Gasteiger partial charge in [-0.25, -0.2) is 4.98 Å². The minimum atomic E-state index is -0.156. The molecule has 0 spiro atoms. The van der Waals surface area contributed by atoms with Crippen molar-refractivity contribution < 1.29 is 4.79 Å². The molecule has 1 aliphatic heterocycles. The molecule has 122 valence electrons. The Hall–Kier alpha value is -2.67. The molecule has 7 heteroatoms. The molecule has 1 aromatic carbocycles. The maximum atomic E-state index is 12.9. The number of nitrogens with one attached hydrogen (secondary N) is 2. The smallest absolute Gasteiger partial charge is 0.232 e. The second kappa shape index (κ2) is 6.09. The second-order valence-corrected chi connectivity index (χ2v) is 6.70. The average molecular weight is 339 g/mol. The van der Waals surface area contributed by atoms with E-state index in [1.54, 1.807) is 12.4 Å². The fourth-order valence-electron chi connectivity index (χ4n) is 3.11. The van der Waals surface area contributed by atoms with Crippen LogP contribution in [0.4, 0.5) is 11.4 Å². The van der Waals surface area contributed by atoms with Crippen molar-refractivity contribution in [1.29, 1.82) is 0 Å². The summed E-state index contributed by atoms with van der Waals surface area (Å²) in [6, 6.07) is 8.09. The number of hydrogen-bond donors (Lipinski definition) is 2. The summed E-state index contributed by atoms with van der Waals surface area (Å²) in [6.07, 6.45) is 4.17. The van der Waals surface area contributed by atoms with E-state index < -0.39 is 0 Å². The first-order chi connectivity index (χ1) is 11.7. The number of carbonyl (C=O) groups is 1. The van der Waals surface area contributed by atoms with E-state index in [1.165, 1.54) is 11.3 Å². The van der Waals surface area contributed by atoms with Crippen LogP contribution in [-0.4, -0.2) is 34.7 Å². The Labute approximate surface area is 143 Å². The highest BCUT2D eigenvalue weighted by Gasteiger charge is 2.29. The number of rotatable bonds is 3. The van der Waals surface area contributed by atoms with Gasteiger partial charge in [0.05, 0.1) is 17.8 Å². The van der Waals surface area contributed by atoms with Gasteiger partial charge in [-0.15, -0.1) is 11.3 Å². The van der Waals surface area contributed by atoms with E-state index in [2.05, 4.69) is 38.5 Å². The summed E-state index contributed by atoms with van der Waals surface area (Å²) < 4.78 is 0. The Kier molecular flexibility index (Phi) is 3.78. The lowest BCUT2D eigenvalue weighted by Crippen LogP contribution is -2.32. The van der Waals surface area contributed by atoms with E-state index in [0.717, 1.165) is 34.9 Å². The number of fused-ring (bicyclic) bond motifs is 1. The number of anilines is 2. The predicted molar refractivity (Wildman–Crippen MR) is 95.4 cm³/mol. The number of H-pyrrole nitrogens is 1. The van der Waals surface area contributed by atoms with E-state index in [4.69, 9.17) is 0 Å². The van der Waals surface area contributed by atoms with E-state index in [-0.39, 0.29) is 11.8 Å². The molecule has 2 N–H and O–H groups in total. The van der Waals surface area contributed by atoms with Crippen LogP contribution in [-0.2, 0) is 4.79 Å². The van der Waals surface area contributed by atoms with Gasteiger partial charge >= 0.3 is 0 Å². The Morgan fingerprint density at radius 3 is 3.12 bits per heavy atom. The van der Waals surface area contributed by atoms with Crippen LogP contribution >= 0.6 is 11.3 Å². The number of hydrogen-bond acceptors (Lipinski definition) is 5. The molecule has 0 radical (unpaired) electrons. The molecule has 24 heavy (non-hydrogen) atoms. The average Bonchev–Trinajstić information content (AvgIpc) is 3.26. The van der Waals surface area contributed by atoms with Crippen LogP contribution in [0.2, 0.25) is 0 Å². The van der Waals surface area contributed by atoms with Crippen molar-refractivity contribution in [3.63, 3.8) is 0 Å². The first-order valence-corrected chi connectivity index (χ1v) is 8.66. The SMILES string of the molecule is CN1CCC(C(=O)Nc2cn[nH]c2-c2nccs2)c2ccccc21. The molecule has 1 unspecified atom stereocenters. The number of aromatic amines is 1. The lowest BCUT2D eigenvalue weighted by atomic mass is 9.89. The largest absolute Gasteiger partial charge is 0.374 e. The second-order valence-electron chi connectivity index (χ2n) is 5.81. The fraction of sp³-hybridized carbons (Fsp3) is 0.235. The molecule has 0 saturated heterocycles. The fourth-order valence-corrected chi connectivity index (χ4v) is 3.76. The molecular weight excluding hydrogens is 322 g/mol. The number of amides is 1. The molecule has 0 bridgehead atoms. The van der Waals surface area contributed by atoms with Gasteiger partial charge in [0.25, 0.3) is 0 Å². The molecule has 1 amide bonds. The van der Waals surface area contributed by atoms with Crippen molar-refractivity contribution in [2.24, 2.45) is 0 Å². The topological polar surface area (TPSA) is 73.9 Å². The number of aromatic nitrogens is 3. The van der Waals surface area contributed by atoms with Crippen LogP contribution in [0.5, 0.6) is 0 Å². The molecular formula is C17H17N5OS. The highest BCUT2D eigenvalue weighted by molar-refractivity contribution is 7.13. The van der Waals surface area contributed by atoms with Crippen LogP contribution in [0.1, 0.15) is 17.9 Å². The van der Waals surface area contributed by atoms with Gasteiger partial charge in [0.15, 0.2) is 0 Å². The maximum absolute atomic E-state index is 12.9. The summed E-state index contributed by atoms with van der Waals surface area (Å²) in [5.74, 6) is -0.161. The van der Waals surface area contributed by atoms with E-state index in [1.807, 2.05) is 23.6 Å². The van der Waals surface area contributed by atoms with Crippen LogP contribution in [0, 0.1) is 0 Å². The maximum Gasteiger partial charge on any atom is 0.232 e. The number of para-hydroxylation sites is 1.